The van der Waals surface area contributed by atoms with Crippen LogP contribution in [0.2, 0.25) is 0 Å². The summed E-state index contributed by atoms with van der Waals surface area (Å²) in [5, 5.41) is 18.4. The molecule has 0 aliphatic heterocycles. The van der Waals surface area contributed by atoms with Gasteiger partial charge in [0.1, 0.15) is 5.69 Å². The van der Waals surface area contributed by atoms with Gasteiger partial charge in [0.05, 0.1) is 12.6 Å². The average Bonchev–Trinajstić information content (AvgIpc) is 3.26. The van der Waals surface area contributed by atoms with Crippen LogP contribution in [0.5, 0.6) is 0 Å². The Labute approximate surface area is 144 Å². The normalized spacial score (nSPS) is 12.1. The molecule has 1 atom stereocenters. The van der Waals surface area contributed by atoms with E-state index in [1.165, 1.54) is 11.3 Å². The number of hydrogen-bond donors (Lipinski definition) is 1. The number of aryl methyl sites for hydroxylation is 1. The van der Waals surface area contributed by atoms with Crippen LogP contribution in [0.15, 0.2) is 59.4 Å². The molecule has 1 N–H and O–H groups in total. The molecular formula is C18H19N3O2S. The van der Waals surface area contributed by atoms with Crippen LogP contribution in [0, 0.1) is 0 Å². The number of benzene rings is 1. The minimum atomic E-state index is -0.711. The zero-order valence-electron chi connectivity index (χ0n) is 13.4. The second-order valence-electron chi connectivity index (χ2n) is 5.58. The molecule has 0 fully saturated rings. The maximum Gasteiger partial charge on any atom is 0.272 e. The van der Waals surface area contributed by atoms with E-state index >= 15 is 0 Å². The van der Waals surface area contributed by atoms with Crippen LogP contribution in [0.25, 0.3) is 0 Å². The van der Waals surface area contributed by atoms with E-state index in [0.29, 0.717) is 12.2 Å². The van der Waals surface area contributed by atoms with Crippen molar-refractivity contribution in [3.05, 3.63) is 76.2 Å². The SMILES string of the molecule is Cn1nccc1C(=O)N(Cc1ccccc1)CC(O)c1ccsc1. The Kier molecular flexibility index (Phi) is 5.08. The standard InChI is InChI=1S/C18H19N3O2S/c1-20-16(7-9-19-20)18(23)21(11-14-5-3-2-4-6-14)12-17(22)15-8-10-24-13-15/h2-10,13,17,22H,11-12H2,1H3. The second kappa shape index (κ2) is 7.42. The number of carbonyl (C=O) groups excluding carboxylic acids is 1. The number of amides is 1. The predicted molar refractivity (Wildman–Crippen MR) is 93.7 cm³/mol. The van der Waals surface area contributed by atoms with Gasteiger partial charge in [-0.05, 0) is 34.0 Å². The van der Waals surface area contributed by atoms with Gasteiger partial charge < -0.3 is 10.0 Å². The molecule has 5 nitrogen and oxygen atoms in total. The van der Waals surface area contributed by atoms with Crippen molar-refractivity contribution in [3.63, 3.8) is 0 Å². The number of aliphatic hydroxyl groups excluding tert-OH is 1. The summed E-state index contributed by atoms with van der Waals surface area (Å²) < 4.78 is 1.55. The van der Waals surface area contributed by atoms with Crippen molar-refractivity contribution in [1.29, 1.82) is 0 Å². The van der Waals surface area contributed by atoms with E-state index in [0.717, 1.165) is 11.1 Å². The summed E-state index contributed by atoms with van der Waals surface area (Å²) in [4.78, 5) is 14.6. The lowest BCUT2D eigenvalue weighted by Gasteiger charge is -2.25. The predicted octanol–water partition coefficient (Wildman–Crippen LogP) is 2.86. The molecule has 3 aromatic rings. The molecule has 1 aromatic carbocycles. The summed E-state index contributed by atoms with van der Waals surface area (Å²) in [6.45, 7) is 0.668. The smallest absolute Gasteiger partial charge is 0.272 e. The highest BCUT2D eigenvalue weighted by atomic mass is 32.1. The Morgan fingerprint density at radius 3 is 2.71 bits per heavy atom. The number of carbonyl (C=O) groups is 1. The van der Waals surface area contributed by atoms with Crippen LogP contribution in [0.3, 0.4) is 0 Å². The lowest BCUT2D eigenvalue weighted by molar-refractivity contribution is 0.0594. The Bertz CT molecular complexity index is 784. The van der Waals surface area contributed by atoms with Gasteiger partial charge in [0.25, 0.3) is 5.91 Å². The average molecular weight is 341 g/mol. The topological polar surface area (TPSA) is 58.4 Å². The van der Waals surface area contributed by atoms with Gasteiger partial charge in [0, 0.05) is 19.8 Å². The summed E-state index contributed by atoms with van der Waals surface area (Å²) in [5.41, 5.74) is 2.35. The summed E-state index contributed by atoms with van der Waals surface area (Å²) in [6, 6.07) is 13.3. The molecule has 0 saturated carbocycles. The first-order chi connectivity index (χ1) is 11.6. The highest BCUT2D eigenvalue weighted by Crippen LogP contribution is 2.20. The van der Waals surface area contributed by atoms with Gasteiger partial charge in [-0.3, -0.25) is 9.48 Å². The fourth-order valence-corrected chi connectivity index (χ4v) is 3.25. The summed E-state index contributed by atoms with van der Waals surface area (Å²) >= 11 is 1.53. The van der Waals surface area contributed by atoms with E-state index in [1.54, 1.807) is 28.9 Å². The van der Waals surface area contributed by atoms with Crippen molar-refractivity contribution in [2.24, 2.45) is 7.05 Å². The van der Waals surface area contributed by atoms with E-state index in [9.17, 15) is 9.90 Å². The largest absolute Gasteiger partial charge is 0.387 e. The van der Waals surface area contributed by atoms with Gasteiger partial charge in [-0.15, -0.1) is 0 Å². The highest BCUT2D eigenvalue weighted by molar-refractivity contribution is 7.07. The molecule has 1 unspecified atom stereocenters. The van der Waals surface area contributed by atoms with Gasteiger partial charge in [-0.1, -0.05) is 30.3 Å². The molecule has 2 aromatic heterocycles. The number of thiophene rings is 1. The molecule has 0 aliphatic rings. The minimum Gasteiger partial charge on any atom is -0.387 e. The minimum absolute atomic E-state index is 0.145. The Balaban J connectivity index is 1.83. The lowest BCUT2D eigenvalue weighted by atomic mass is 10.1. The third-order valence-corrected chi connectivity index (χ3v) is 4.57. The molecular weight excluding hydrogens is 322 g/mol. The fraction of sp³-hybridized carbons (Fsp3) is 0.222. The van der Waals surface area contributed by atoms with Gasteiger partial charge >= 0.3 is 0 Å². The van der Waals surface area contributed by atoms with Crippen molar-refractivity contribution in [3.8, 4) is 0 Å². The van der Waals surface area contributed by atoms with E-state index in [-0.39, 0.29) is 12.5 Å². The first-order valence-corrected chi connectivity index (χ1v) is 8.61. The quantitative estimate of drug-likeness (QED) is 0.750. The third-order valence-electron chi connectivity index (χ3n) is 3.86. The first kappa shape index (κ1) is 16.4. The van der Waals surface area contributed by atoms with E-state index in [4.69, 9.17) is 0 Å². The molecule has 124 valence electrons. The van der Waals surface area contributed by atoms with Gasteiger partial charge in [0.15, 0.2) is 0 Å². The number of aromatic nitrogens is 2. The highest BCUT2D eigenvalue weighted by Gasteiger charge is 2.22. The van der Waals surface area contributed by atoms with Gasteiger partial charge in [-0.25, -0.2) is 0 Å². The zero-order valence-corrected chi connectivity index (χ0v) is 14.2. The van der Waals surface area contributed by atoms with Crippen molar-refractivity contribution in [2.45, 2.75) is 12.6 Å². The molecule has 24 heavy (non-hydrogen) atoms. The third kappa shape index (κ3) is 3.72. The van der Waals surface area contributed by atoms with E-state index in [2.05, 4.69) is 5.10 Å². The maximum atomic E-state index is 12.9. The first-order valence-electron chi connectivity index (χ1n) is 7.66. The monoisotopic (exact) mass is 341 g/mol. The van der Waals surface area contributed by atoms with Crippen LogP contribution < -0.4 is 0 Å². The van der Waals surface area contributed by atoms with Crippen molar-refractivity contribution in [1.82, 2.24) is 14.7 Å². The Hall–Kier alpha value is -2.44. The van der Waals surface area contributed by atoms with Crippen LogP contribution in [0.4, 0.5) is 0 Å². The molecule has 3 rings (SSSR count). The van der Waals surface area contributed by atoms with Gasteiger partial charge in [0.2, 0.25) is 0 Å². The van der Waals surface area contributed by atoms with E-state index < -0.39 is 6.10 Å². The van der Waals surface area contributed by atoms with Crippen LogP contribution in [0.1, 0.15) is 27.7 Å². The molecule has 0 spiro atoms. The van der Waals surface area contributed by atoms with Gasteiger partial charge in [-0.2, -0.15) is 16.4 Å². The fourth-order valence-electron chi connectivity index (χ4n) is 2.55. The number of nitrogens with zero attached hydrogens (tertiary/aromatic N) is 3. The van der Waals surface area contributed by atoms with E-state index in [1.807, 2.05) is 47.2 Å². The number of hydrogen-bond acceptors (Lipinski definition) is 4. The van der Waals surface area contributed by atoms with Crippen molar-refractivity contribution < 1.29 is 9.90 Å². The molecule has 0 bridgehead atoms. The number of rotatable bonds is 6. The summed E-state index contributed by atoms with van der Waals surface area (Å²) in [7, 11) is 1.74. The summed E-state index contributed by atoms with van der Waals surface area (Å²) in [6.07, 6.45) is 0.889. The van der Waals surface area contributed by atoms with Crippen molar-refractivity contribution >= 4 is 17.2 Å². The Morgan fingerprint density at radius 2 is 2.08 bits per heavy atom. The van der Waals surface area contributed by atoms with Crippen LogP contribution in [-0.2, 0) is 13.6 Å². The molecule has 0 radical (unpaired) electrons. The van der Waals surface area contributed by atoms with Crippen LogP contribution >= 0.6 is 11.3 Å². The number of aliphatic hydroxyl groups is 1. The molecule has 6 heteroatoms. The maximum absolute atomic E-state index is 12.9. The zero-order chi connectivity index (χ0) is 16.9. The molecule has 2 heterocycles. The Morgan fingerprint density at radius 1 is 1.29 bits per heavy atom. The lowest BCUT2D eigenvalue weighted by Crippen LogP contribution is -2.35. The summed E-state index contributed by atoms with van der Waals surface area (Å²) in [5.74, 6) is -0.145. The van der Waals surface area contributed by atoms with Crippen LogP contribution in [-0.4, -0.2) is 32.2 Å². The van der Waals surface area contributed by atoms with Crippen molar-refractivity contribution in [2.75, 3.05) is 6.54 Å². The molecule has 0 aliphatic carbocycles. The second-order valence-corrected chi connectivity index (χ2v) is 6.36. The molecule has 1 amide bonds. The molecule has 0 saturated heterocycles.